The number of carbonyl (C=O) groups excluding carboxylic acids is 2. The summed E-state index contributed by atoms with van der Waals surface area (Å²) < 4.78 is 44.0. The maximum absolute atomic E-state index is 12.5. The Kier molecular flexibility index (Phi) is 10.2. The maximum Gasteiger partial charge on any atom is 0.339 e. The van der Waals surface area contributed by atoms with Crippen LogP contribution in [0.1, 0.15) is 84.9 Å². The zero-order valence-electron chi connectivity index (χ0n) is 16.8. The van der Waals surface area contributed by atoms with Gasteiger partial charge in [0.15, 0.2) is 0 Å². The number of hydrogen-bond acceptors (Lipinski definition) is 6. The second-order valence-electron chi connectivity index (χ2n) is 7.52. The third-order valence-corrected chi connectivity index (χ3v) is 6.26. The van der Waals surface area contributed by atoms with Crippen molar-refractivity contribution < 1.29 is 32.0 Å². The predicted molar refractivity (Wildman–Crippen MR) is 107 cm³/mol. The monoisotopic (exact) mass is 543 g/mol. The zero-order chi connectivity index (χ0) is 20.1. The Bertz CT molecular complexity index is 825. The summed E-state index contributed by atoms with van der Waals surface area (Å²) in [5.41, 5.74) is -0.297. The maximum atomic E-state index is 12.5. The molecule has 1 N–H and O–H groups in total. The van der Waals surface area contributed by atoms with Crippen molar-refractivity contribution in [2.45, 2.75) is 81.3 Å². The number of hydrogen-bond donors (Lipinski definition) is 1. The molecule has 29 heavy (non-hydrogen) atoms. The van der Waals surface area contributed by atoms with E-state index < -0.39 is 27.0 Å². The van der Waals surface area contributed by atoms with Gasteiger partial charge in [0.25, 0.3) is 10.1 Å². The summed E-state index contributed by atoms with van der Waals surface area (Å²) in [6, 6.07) is 3.51. The van der Waals surface area contributed by atoms with Gasteiger partial charge in [-0.2, -0.15) is 8.42 Å². The summed E-state index contributed by atoms with van der Waals surface area (Å²) >= 11 is 0. The average molecular weight is 543 g/mol. The zero-order valence-corrected chi connectivity index (χ0v) is 23.9. The minimum Gasteiger partial charge on any atom is -0.459 e. The molecular weight excluding hydrogens is 517 g/mol. The molecule has 0 amide bonds. The van der Waals surface area contributed by atoms with Gasteiger partial charge in [0, 0.05) is 68.9 Å². The van der Waals surface area contributed by atoms with E-state index in [0.29, 0.717) is 0 Å². The molecule has 1 aromatic rings. The summed E-state index contributed by atoms with van der Waals surface area (Å²) in [6.07, 6.45) is 8.66. The van der Waals surface area contributed by atoms with Gasteiger partial charge in [0.2, 0.25) is 0 Å². The van der Waals surface area contributed by atoms with E-state index in [4.69, 9.17) is 9.47 Å². The Balaban J connectivity index is 0.00000300. The van der Waals surface area contributed by atoms with Gasteiger partial charge in [0.05, 0.1) is 11.1 Å². The van der Waals surface area contributed by atoms with Crippen LogP contribution in [-0.2, 0) is 19.6 Å². The van der Waals surface area contributed by atoms with Gasteiger partial charge < -0.3 is 9.47 Å². The molecule has 9 heteroatoms. The van der Waals surface area contributed by atoms with Crippen molar-refractivity contribution in [2.24, 2.45) is 0 Å². The van der Waals surface area contributed by atoms with E-state index in [9.17, 15) is 22.6 Å². The molecule has 2 saturated carbocycles. The minimum absolute atomic E-state index is 0. The second-order valence-corrected chi connectivity index (χ2v) is 8.91. The van der Waals surface area contributed by atoms with Crippen LogP contribution >= 0.6 is 0 Å². The average Bonchev–Trinajstić information content (AvgIpc) is 2.68. The van der Waals surface area contributed by atoms with Gasteiger partial charge in [0.1, 0.15) is 17.1 Å². The van der Waals surface area contributed by atoms with Crippen LogP contribution in [0.25, 0.3) is 0 Å². The molecule has 1 aromatic carbocycles. The molecule has 0 spiro atoms. The van der Waals surface area contributed by atoms with Crippen LogP contribution in [0.15, 0.2) is 23.1 Å². The van der Waals surface area contributed by atoms with Crippen molar-refractivity contribution in [3.8, 4) is 0 Å². The molecule has 0 aromatic heterocycles. The van der Waals surface area contributed by atoms with Crippen LogP contribution in [0.5, 0.6) is 0 Å². The van der Waals surface area contributed by atoms with Crippen molar-refractivity contribution in [3.63, 3.8) is 0 Å². The molecule has 1 radical (unpaired) electrons. The molecular formula is C20H26CsO7S. The first-order chi connectivity index (χ1) is 13.3. The van der Waals surface area contributed by atoms with Gasteiger partial charge in [-0.3, -0.25) is 4.55 Å². The van der Waals surface area contributed by atoms with Gasteiger partial charge in [-0.1, -0.05) is 12.8 Å². The topological polar surface area (TPSA) is 107 Å². The first kappa shape index (κ1) is 25.4. The SMILES string of the molecule is O=C(OC1CCCCC1)c1ccc(C(=O)OC2CCCCC2)c(S(=O)(=O)O)c1.[Cs]. The third-order valence-electron chi connectivity index (χ3n) is 5.37. The molecule has 0 unspecified atom stereocenters. The summed E-state index contributed by atoms with van der Waals surface area (Å²) in [4.78, 5) is 24.2. The summed E-state index contributed by atoms with van der Waals surface area (Å²) in [5, 5.41) is 0. The second kappa shape index (κ2) is 11.7. The fourth-order valence-electron chi connectivity index (χ4n) is 3.83. The van der Waals surface area contributed by atoms with Crippen molar-refractivity contribution in [1.29, 1.82) is 0 Å². The van der Waals surface area contributed by atoms with E-state index in [2.05, 4.69) is 0 Å². The number of esters is 2. The van der Waals surface area contributed by atoms with E-state index >= 15 is 0 Å². The largest absolute Gasteiger partial charge is 0.459 e. The molecule has 0 saturated heterocycles. The first-order valence-corrected chi connectivity index (χ1v) is 11.3. The number of benzene rings is 1. The molecule has 0 aliphatic heterocycles. The third kappa shape index (κ3) is 7.34. The van der Waals surface area contributed by atoms with Crippen LogP contribution in [0.3, 0.4) is 0 Å². The van der Waals surface area contributed by atoms with E-state index in [1.165, 1.54) is 12.1 Å². The smallest absolute Gasteiger partial charge is 0.339 e. The van der Waals surface area contributed by atoms with Crippen LogP contribution < -0.4 is 0 Å². The first-order valence-electron chi connectivity index (χ1n) is 9.88. The Morgan fingerprint density at radius 3 is 1.79 bits per heavy atom. The van der Waals surface area contributed by atoms with Crippen molar-refractivity contribution in [3.05, 3.63) is 29.3 Å². The van der Waals surface area contributed by atoms with E-state index in [-0.39, 0.29) is 92.2 Å². The minimum atomic E-state index is -4.72. The van der Waals surface area contributed by atoms with E-state index in [0.717, 1.165) is 70.3 Å². The fourth-order valence-corrected chi connectivity index (χ4v) is 4.54. The normalized spacial score (nSPS) is 18.5. The van der Waals surface area contributed by atoms with Gasteiger partial charge >= 0.3 is 11.9 Å². The van der Waals surface area contributed by atoms with E-state index in [1.807, 2.05) is 0 Å². The molecule has 3 rings (SSSR count). The standard InChI is InChI=1S/C20H26O7S.Cs/c21-19(26-15-7-3-1-4-8-15)14-11-12-17(18(13-14)28(23,24)25)20(22)27-16-9-5-2-6-10-16;/h11-13,15-16H,1-10H2,(H,23,24,25);. The van der Waals surface area contributed by atoms with Crippen LogP contribution in [0, 0.1) is 0 Å². The van der Waals surface area contributed by atoms with Crippen molar-refractivity contribution in [2.75, 3.05) is 0 Å². The number of rotatable bonds is 5. The molecule has 7 nitrogen and oxygen atoms in total. The summed E-state index contributed by atoms with van der Waals surface area (Å²) in [7, 11) is -4.72. The fraction of sp³-hybridized carbons (Fsp3) is 0.600. The molecule has 0 heterocycles. The Hall–Kier alpha value is 0.122. The molecule has 155 valence electrons. The summed E-state index contributed by atoms with van der Waals surface area (Å²) in [6.45, 7) is 0. The van der Waals surface area contributed by atoms with Crippen LogP contribution in [0.2, 0.25) is 0 Å². The molecule has 2 fully saturated rings. The Morgan fingerprint density at radius 1 is 0.828 bits per heavy atom. The van der Waals surface area contributed by atoms with Gasteiger partial charge in [-0.15, -0.1) is 0 Å². The molecule has 0 atom stereocenters. The van der Waals surface area contributed by atoms with Crippen molar-refractivity contribution >= 4 is 91.0 Å². The molecule has 2 aliphatic carbocycles. The predicted octanol–water partition coefficient (Wildman–Crippen LogP) is 3.53. The van der Waals surface area contributed by atoms with Crippen LogP contribution in [-0.4, -0.2) is 106 Å². The molecule has 2 aliphatic rings. The van der Waals surface area contributed by atoms with Gasteiger partial charge in [-0.05, 0) is 69.6 Å². The van der Waals surface area contributed by atoms with Crippen LogP contribution in [0.4, 0.5) is 0 Å². The number of carbonyl (C=O) groups is 2. The van der Waals surface area contributed by atoms with Gasteiger partial charge in [-0.25, -0.2) is 9.59 Å². The van der Waals surface area contributed by atoms with E-state index in [1.54, 1.807) is 0 Å². The molecule has 0 bridgehead atoms. The quantitative estimate of drug-likeness (QED) is 0.448. The Labute approximate surface area is 230 Å². The van der Waals surface area contributed by atoms with Crippen molar-refractivity contribution in [1.82, 2.24) is 0 Å². The Morgan fingerprint density at radius 2 is 1.31 bits per heavy atom. The summed E-state index contributed by atoms with van der Waals surface area (Å²) in [5.74, 6) is -1.48. The number of ether oxygens (including phenoxy) is 2.